The van der Waals surface area contributed by atoms with E-state index in [2.05, 4.69) is 14.8 Å². The molecule has 1 N–H and O–H groups in total. The molecule has 0 saturated heterocycles. The van der Waals surface area contributed by atoms with Crippen LogP contribution in [0.1, 0.15) is 0 Å². The van der Waals surface area contributed by atoms with E-state index in [0.29, 0.717) is 0 Å². The van der Waals surface area contributed by atoms with E-state index in [9.17, 15) is 0 Å². The Morgan fingerprint density at radius 2 is 1.00 bits per heavy atom. The molecular weight excluding hydrogens is 240 g/mol. The average Bonchev–Trinajstić information content (AvgIpc) is 1.19. The molecule has 1 nitrogen and oxygen atoms in total. The van der Waals surface area contributed by atoms with Crippen molar-refractivity contribution in [3.05, 3.63) is 5.40 Å². The summed E-state index contributed by atoms with van der Waals surface area (Å²) in [6.07, 6.45) is 0. The Labute approximate surface area is 86.1 Å². The Hall–Kier alpha value is 1.57. The molecule has 10 heavy (non-hydrogen) atoms. The molecule has 0 unspecified atom stereocenters. The van der Waals surface area contributed by atoms with Gasteiger partial charge in [-0.2, -0.15) is 0 Å². The van der Waals surface area contributed by atoms with Crippen LogP contribution in [-0.2, 0) is 0 Å². The van der Waals surface area contributed by atoms with Crippen molar-refractivity contribution < 1.29 is 18.9 Å². The van der Waals surface area contributed by atoms with Crippen LogP contribution in [0, 0.1) is 0 Å². The molecule has 1 radical (unpaired) electrons. The third-order valence-corrected chi connectivity index (χ3v) is 0. The van der Waals surface area contributed by atoms with Crippen molar-refractivity contribution in [3.8, 4) is 0 Å². The summed E-state index contributed by atoms with van der Waals surface area (Å²) < 4.78 is 0. The molecule has 0 aliphatic rings. The first-order valence-electron chi connectivity index (χ1n) is 3.25. The fourth-order valence-electron chi connectivity index (χ4n) is 0. The van der Waals surface area contributed by atoms with Gasteiger partial charge < -0.3 is 5.40 Å². The van der Waals surface area contributed by atoms with Crippen LogP contribution in [-0.4, -0.2) is 28.0 Å². The average molecular weight is 259 g/mol. The number of hydrogen-bond donors (Lipinski definition) is 0. The second-order valence-electron chi connectivity index (χ2n) is 3.75. The van der Waals surface area contributed by atoms with E-state index >= 15 is 0 Å². The molecule has 0 heterocycles. The Morgan fingerprint density at radius 3 is 1.00 bits per heavy atom. The summed E-state index contributed by atoms with van der Waals surface area (Å²) in [7, 11) is -1.36. The van der Waals surface area contributed by atoms with Crippen molar-refractivity contribution in [1.29, 1.82) is 0 Å². The molecular formula is C6H19LiNSiSn. The van der Waals surface area contributed by atoms with Crippen molar-refractivity contribution >= 4 is 28.0 Å². The molecule has 0 aromatic rings. The van der Waals surface area contributed by atoms with E-state index in [1.807, 2.05) is 19.6 Å². The van der Waals surface area contributed by atoms with Crippen molar-refractivity contribution in [2.75, 3.05) is 0 Å². The predicted octanol–water partition coefficient (Wildman–Crippen LogP) is 0.248. The standard InChI is InChI=1S/C3H10NSi.3CH3.Li.Sn/c1-5(2,3)4;;;;;/h4H,1-3H3;3*1H3;;/q-1;;;;+1;. The first-order chi connectivity index (χ1) is 3.73. The summed E-state index contributed by atoms with van der Waals surface area (Å²) in [6.45, 7) is 5.98. The van der Waals surface area contributed by atoms with Gasteiger partial charge in [0.2, 0.25) is 0 Å². The predicted molar refractivity (Wildman–Crippen MR) is 51.0 cm³/mol. The first kappa shape index (κ1) is 17.6. The molecule has 0 aromatic carbocycles. The molecule has 57 valence electrons. The fourth-order valence-corrected chi connectivity index (χ4v) is 0. The maximum atomic E-state index is 7.08. The van der Waals surface area contributed by atoms with Crippen LogP contribution in [0.5, 0.6) is 0 Å². The van der Waals surface area contributed by atoms with E-state index < -0.39 is 28.0 Å². The summed E-state index contributed by atoms with van der Waals surface area (Å²) in [6, 6.07) is 0. The maximum absolute atomic E-state index is 7.08. The Bertz CT molecular complexity index is 54.5. The summed E-state index contributed by atoms with van der Waals surface area (Å²) in [5.74, 6) is 0. The molecule has 0 rings (SSSR count). The van der Waals surface area contributed by atoms with Crippen LogP contribution in [0.3, 0.4) is 0 Å². The van der Waals surface area contributed by atoms with Gasteiger partial charge in [-0.05, 0) is 0 Å². The zero-order valence-corrected chi connectivity index (χ0v) is 12.4. The van der Waals surface area contributed by atoms with Gasteiger partial charge in [0.05, 0.1) is 0 Å². The van der Waals surface area contributed by atoms with Crippen LogP contribution in [0.4, 0.5) is 0 Å². The van der Waals surface area contributed by atoms with Gasteiger partial charge >= 0.3 is 53.4 Å². The molecule has 0 bridgehead atoms. The molecule has 0 amide bonds. The molecule has 0 atom stereocenters. The zero-order chi connectivity index (χ0) is 8.08. The van der Waals surface area contributed by atoms with E-state index in [1.165, 1.54) is 0 Å². The van der Waals surface area contributed by atoms with Crippen molar-refractivity contribution in [2.24, 2.45) is 0 Å². The Morgan fingerprint density at radius 1 is 1.00 bits per heavy atom. The first-order valence-corrected chi connectivity index (χ1v) is 15.3. The summed E-state index contributed by atoms with van der Waals surface area (Å²) in [5, 5.41) is 7.08. The Kier molecular flexibility index (Phi) is 15.3. The normalized spacial score (nSPS) is 9.60. The monoisotopic (exact) mass is 260 g/mol. The van der Waals surface area contributed by atoms with Gasteiger partial charge in [-0.15, -0.1) is 0 Å². The van der Waals surface area contributed by atoms with Crippen LogP contribution in [0.15, 0.2) is 0 Å². The summed E-state index contributed by atoms with van der Waals surface area (Å²) in [4.78, 5) is 7.09. The molecule has 0 aliphatic heterocycles. The SMILES string of the molecule is C[Si](C)(C)[NH-].[CH3][Sn]([CH3])[CH3].[Li+]. The Balaban J connectivity index is -0.0000000910. The van der Waals surface area contributed by atoms with Gasteiger partial charge in [-0.25, -0.2) is 0 Å². The van der Waals surface area contributed by atoms with Crippen molar-refractivity contribution in [3.63, 3.8) is 0 Å². The zero-order valence-electron chi connectivity index (χ0n) is 8.50. The van der Waals surface area contributed by atoms with Gasteiger partial charge in [0.15, 0.2) is 0 Å². The van der Waals surface area contributed by atoms with E-state index in [1.54, 1.807) is 0 Å². The quantitative estimate of drug-likeness (QED) is 0.557. The fraction of sp³-hybridized carbons (Fsp3) is 1.00. The largest absolute Gasteiger partial charge is 1.00 e. The number of nitrogens with one attached hydrogen (secondary N) is 1. The van der Waals surface area contributed by atoms with E-state index in [0.717, 1.165) is 0 Å². The third-order valence-electron chi connectivity index (χ3n) is 0. The minimum absolute atomic E-state index is 0. The van der Waals surface area contributed by atoms with E-state index in [-0.39, 0.29) is 18.9 Å². The van der Waals surface area contributed by atoms with Crippen LogP contribution in [0.2, 0.25) is 34.5 Å². The summed E-state index contributed by atoms with van der Waals surface area (Å²) >= 11 is -0.543. The van der Waals surface area contributed by atoms with Crippen LogP contribution < -0.4 is 18.9 Å². The minimum atomic E-state index is -1.36. The summed E-state index contributed by atoms with van der Waals surface area (Å²) in [5.41, 5.74) is 0. The topological polar surface area (TPSA) is 23.8 Å². The van der Waals surface area contributed by atoms with Gasteiger partial charge in [0.25, 0.3) is 0 Å². The molecule has 0 aromatic heterocycles. The minimum Gasteiger partial charge on any atom is 1.00 e. The molecule has 0 spiro atoms. The smallest absolute Gasteiger partial charge is 1.00 e. The number of rotatable bonds is 0. The molecule has 0 fully saturated rings. The molecule has 4 heteroatoms. The third kappa shape index (κ3) is 284. The van der Waals surface area contributed by atoms with Crippen LogP contribution in [0.25, 0.3) is 5.40 Å². The molecule has 0 saturated carbocycles. The van der Waals surface area contributed by atoms with Crippen molar-refractivity contribution in [1.82, 2.24) is 0 Å². The maximum Gasteiger partial charge on any atom is 1.00 e. The van der Waals surface area contributed by atoms with Gasteiger partial charge in [-0.3, -0.25) is 0 Å². The van der Waals surface area contributed by atoms with Crippen LogP contribution >= 0.6 is 0 Å². The van der Waals surface area contributed by atoms with Crippen molar-refractivity contribution in [2.45, 2.75) is 34.5 Å². The van der Waals surface area contributed by atoms with Gasteiger partial charge in [0, 0.05) is 0 Å². The van der Waals surface area contributed by atoms with Gasteiger partial charge in [0.1, 0.15) is 0 Å². The van der Waals surface area contributed by atoms with E-state index in [4.69, 9.17) is 5.40 Å². The van der Waals surface area contributed by atoms with Gasteiger partial charge in [-0.1, -0.05) is 27.9 Å². The second-order valence-corrected chi connectivity index (χ2v) is 16.8. The number of hydrogen-bond acceptors (Lipinski definition) is 0. The second kappa shape index (κ2) is 8.67. The molecule has 0 aliphatic carbocycles.